The Hall–Kier alpha value is -1.58. The van der Waals surface area contributed by atoms with Gasteiger partial charge in [0.2, 0.25) is 0 Å². The molecule has 4 heteroatoms. The van der Waals surface area contributed by atoms with Gasteiger partial charge in [-0.05, 0) is 49.2 Å². The minimum absolute atomic E-state index is 0.0135. The maximum absolute atomic E-state index is 13.2. The first-order valence-corrected chi connectivity index (χ1v) is 6.78. The highest BCUT2D eigenvalue weighted by Gasteiger charge is 2.07. The van der Waals surface area contributed by atoms with E-state index in [0.29, 0.717) is 10.6 Å². The zero-order valence-corrected chi connectivity index (χ0v) is 12.2. The molecule has 0 radical (unpaired) electrons. The molecule has 1 atom stereocenters. The summed E-state index contributed by atoms with van der Waals surface area (Å²) < 4.78 is 18.9. The van der Waals surface area contributed by atoms with Crippen molar-refractivity contribution in [3.8, 4) is 5.75 Å². The number of rotatable bonds is 4. The van der Waals surface area contributed by atoms with Crippen molar-refractivity contribution >= 4 is 11.6 Å². The van der Waals surface area contributed by atoms with Gasteiger partial charge in [-0.1, -0.05) is 23.7 Å². The number of halogens is 2. The Bertz CT molecular complexity index is 613. The maximum atomic E-state index is 13.2. The van der Waals surface area contributed by atoms with E-state index in [4.69, 9.17) is 22.1 Å². The maximum Gasteiger partial charge on any atom is 0.123 e. The smallest absolute Gasteiger partial charge is 0.123 e. The van der Waals surface area contributed by atoms with Crippen molar-refractivity contribution in [3.63, 3.8) is 0 Å². The molecular weight excluding hydrogens is 277 g/mol. The van der Waals surface area contributed by atoms with Gasteiger partial charge in [0, 0.05) is 16.6 Å². The van der Waals surface area contributed by atoms with Crippen LogP contribution >= 0.6 is 11.6 Å². The number of hydrogen-bond acceptors (Lipinski definition) is 2. The van der Waals surface area contributed by atoms with Gasteiger partial charge in [0.1, 0.15) is 18.2 Å². The molecule has 0 bridgehead atoms. The number of hydrogen-bond donors (Lipinski definition) is 1. The zero-order chi connectivity index (χ0) is 14.7. The summed E-state index contributed by atoms with van der Waals surface area (Å²) in [6.07, 6.45) is 0. The van der Waals surface area contributed by atoms with Crippen LogP contribution < -0.4 is 10.5 Å². The second-order valence-electron chi connectivity index (χ2n) is 4.84. The topological polar surface area (TPSA) is 35.2 Å². The summed E-state index contributed by atoms with van der Waals surface area (Å²) in [6.45, 7) is 4.12. The lowest BCUT2D eigenvalue weighted by Gasteiger charge is -2.13. The van der Waals surface area contributed by atoms with Crippen LogP contribution in [0.25, 0.3) is 0 Å². The van der Waals surface area contributed by atoms with E-state index in [1.165, 1.54) is 18.2 Å². The van der Waals surface area contributed by atoms with Crippen molar-refractivity contribution in [3.05, 3.63) is 63.9 Å². The van der Waals surface area contributed by atoms with Crippen LogP contribution in [0.15, 0.2) is 36.4 Å². The molecule has 0 heterocycles. The Balaban J connectivity index is 2.13. The molecule has 0 aliphatic rings. The Kier molecular flexibility index (Phi) is 4.63. The van der Waals surface area contributed by atoms with Crippen LogP contribution in [0.2, 0.25) is 5.02 Å². The largest absolute Gasteiger partial charge is 0.489 e. The molecule has 2 N–H and O–H groups in total. The molecule has 0 saturated carbocycles. The third-order valence-electron chi connectivity index (χ3n) is 3.12. The van der Waals surface area contributed by atoms with E-state index >= 15 is 0 Å². The summed E-state index contributed by atoms with van der Waals surface area (Å²) in [5.41, 5.74) is 8.51. The minimum atomic E-state index is -0.322. The summed E-state index contributed by atoms with van der Waals surface area (Å²) in [7, 11) is 0. The fourth-order valence-corrected chi connectivity index (χ4v) is 2.10. The van der Waals surface area contributed by atoms with Crippen LogP contribution in [0.5, 0.6) is 5.75 Å². The van der Waals surface area contributed by atoms with E-state index in [2.05, 4.69) is 0 Å². The Morgan fingerprint density at radius 2 is 2.00 bits per heavy atom. The second-order valence-corrected chi connectivity index (χ2v) is 5.25. The lowest BCUT2D eigenvalue weighted by molar-refractivity contribution is 0.303. The van der Waals surface area contributed by atoms with E-state index in [1.807, 2.05) is 32.0 Å². The van der Waals surface area contributed by atoms with Gasteiger partial charge in [-0.25, -0.2) is 4.39 Å². The van der Waals surface area contributed by atoms with Crippen LogP contribution in [0, 0.1) is 12.7 Å². The molecule has 0 aliphatic carbocycles. The summed E-state index contributed by atoms with van der Waals surface area (Å²) in [4.78, 5) is 0. The fourth-order valence-electron chi connectivity index (χ4n) is 1.93. The minimum Gasteiger partial charge on any atom is -0.489 e. The summed E-state index contributed by atoms with van der Waals surface area (Å²) >= 11 is 6.01. The quantitative estimate of drug-likeness (QED) is 0.907. The van der Waals surface area contributed by atoms with Crippen molar-refractivity contribution < 1.29 is 9.13 Å². The van der Waals surface area contributed by atoms with E-state index in [9.17, 15) is 4.39 Å². The summed E-state index contributed by atoms with van der Waals surface area (Å²) in [5, 5.41) is 0.497. The fraction of sp³-hybridized carbons (Fsp3) is 0.250. The van der Waals surface area contributed by atoms with Crippen LogP contribution in [-0.4, -0.2) is 0 Å². The van der Waals surface area contributed by atoms with Gasteiger partial charge < -0.3 is 10.5 Å². The molecule has 2 aromatic rings. The Morgan fingerprint density at radius 3 is 2.65 bits per heavy atom. The summed E-state index contributed by atoms with van der Waals surface area (Å²) in [5.74, 6) is 0.423. The third kappa shape index (κ3) is 3.50. The van der Waals surface area contributed by atoms with E-state index in [-0.39, 0.29) is 18.5 Å². The number of benzene rings is 2. The molecule has 0 spiro atoms. The van der Waals surface area contributed by atoms with Crippen LogP contribution in [0.4, 0.5) is 4.39 Å². The van der Waals surface area contributed by atoms with E-state index in [0.717, 1.165) is 16.9 Å². The van der Waals surface area contributed by atoms with Crippen LogP contribution in [0.1, 0.15) is 29.7 Å². The third-order valence-corrected chi connectivity index (χ3v) is 3.48. The monoisotopic (exact) mass is 293 g/mol. The Labute approximate surface area is 123 Å². The molecule has 2 nitrogen and oxygen atoms in total. The van der Waals surface area contributed by atoms with E-state index < -0.39 is 0 Å². The number of ether oxygens (including phenoxy) is 1. The molecule has 0 fully saturated rings. The zero-order valence-electron chi connectivity index (χ0n) is 11.5. The van der Waals surface area contributed by atoms with Crippen LogP contribution in [-0.2, 0) is 6.61 Å². The molecule has 0 saturated heterocycles. The first kappa shape index (κ1) is 14.8. The highest BCUT2D eigenvalue weighted by molar-refractivity contribution is 6.31. The molecule has 106 valence electrons. The molecular formula is C16H17ClFNO. The SMILES string of the molecule is Cc1cc([C@@H](C)N)ccc1OCc1cc(F)ccc1Cl. The van der Waals surface area contributed by atoms with Gasteiger partial charge in [-0.2, -0.15) is 0 Å². The van der Waals surface area contributed by atoms with Gasteiger partial charge >= 0.3 is 0 Å². The first-order chi connectivity index (χ1) is 9.47. The van der Waals surface area contributed by atoms with Crippen molar-refractivity contribution in [1.29, 1.82) is 0 Å². The predicted molar refractivity (Wildman–Crippen MR) is 79.5 cm³/mol. The lowest BCUT2D eigenvalue weighted by Crippen LogP contribution is -2.05. The van der Waals surface area contributed by atoms with Crippen molar-refractivity contribution in [2.75, 3.05) is 0 Å². The molecule has 2 rings (SSSR count). The lowest BCUT2D eigenvalue weighted by atomic mass is 10.1. The van der Waals surface area contributed by atoms with Gasteiger partial charge in [-0.3, -0.25) is 0 Å². The van der Waals surface area contributed by atoms with Crippen molar-refractivity contribution in [2.45, 2.75) is 26.5 Å². The Morgan fingerprint density at radius 1 is 1.25 bits per heavy atom. The highest BCUT2D eigenvalue weighted by atomic mass is 35.5. The molecule has 0 amide bonds. The molecule has 0 aliphatic heterocycles. The number of aryl methyl sites for hydroxylation is 1. The molecule has 2 aromatic carbocycles. The standard InChI is InChI=1S/C16H17ClFNO/c1-10-7-12(11(2)19)3-6-16(10)20-9-13-8-14(18)4-5-15(13)17/h3-8,11H,9,19H2,1-2H3/t11-/m1/s1. The van der Waals surface area contributed by atoms with E-state index in [1.54, 1.807) is 0 Å². The summed E-state index contributed by atoms with van der Waals surface area (Å²) in [6, 6.07) is 10.0. The normalized spacial score (nSPS) is 12.2. The van der Waals surface area contributed by atoms with Gasteiger partial charge in [0.25, 0.3) is 0 Å². The average Bonchev–Trinajstić information content (AvgIpc) is 2.40. The van der Waals surface area contributed by atoms with Gasteiger partial charge in [-0.15, -0.1) is 0 Å². The highest BCUT2D eigenvalue weighted by Crippen LogP contribution is 2.24. The van der Waals surface area contributed by atoms with Gasteiger partial charge in [0.15, 0.2) is 0 Å². The molecule has 0 aromatic heterocycles. The number of nitrogens with two attached hydrogens (primary N) is 1. The first-order valence-electron chi connectivity index (χ1n) is 6.40. The van der Waals surface area contributed by atoms with Crippen molar-refractivity contribution in [1.82, 2.24) is 0 Å². The van der Waals surface area contributed by atoms with Crippen molar-refractivity contribution in [2.24, 2.45) is 5.73 Å². The van der Waals surface area contributed by atoms with Crippen LogP contribution in [0.3, 0.4) is 0 Å². The molecule has 0 unspecified atom stereocenters. The average molecular weight is 294 g/mol. The van der Waals surface area contributed by atoms with Gasteiger partial charge in [0.05, 0.1) is 0 Å². The molecule has 20 heavy (non-hydrogen) atoms. The predicted octanol–water partition coefficient (Wildman–Crippen LogP) is 4.39. The second kappa shape index (κ2) is 6.25.